The van der Waals surface area contributed by atoms with Crippen molar-refractivity contribution in [1.82, 2.24) is 19.9 Å². The van der Waals surface area contributed by atoms with E-state index in [9.17, 15) is 4.79 Å². The zero-order valence-corrected chi connectivity index (χ0v) is 21.9. The number of carbonyl (C=O) groups excluding carboxylic acids is 1. The van der Waals surface area contributed by atoms with Gasteiger partial charge < -0.3 is 14.8 Å². The van der Waals surface area contributed by atoms with Crippen LogP contribution in [0.25, 0.3) is 22.2 Å². The van der Waals surface area contributed by atoms with E-state index in [1.807, 2.05) is 12.1 Å². The molecule has 10 heteroatoms. The Hall–Kier alpha value is -3.46. The Kier molecular flexibility index (Phi) is 7.41. The first-order valence-corrected chi connectivity index (χ1v) is 12.6. The van der Waals surface area contributed by atoms with Gasteiger partial charge in [-0.3, -0.25) is 19.7 Å². The molecule has 5 rings (SSSR count). The van der Waals surface area contributed by atoms with Gasteiger partial charge in [0.2, 0.25) is 0 Å². The van der Waals surface area contributed by atoms with Crippen LogP contribution in [0.2, 0.25) is 10.0 Å². The number of fused-ring (bicyclic) bond motifs is 1. The third-order valence-corrected chi connectivity index (χ3v) is 7.13. The number of carbonyl (C=O) groups is 1. The summed E-state index contributed by atoms with van der Waals surface area (Å²) >= 11 is 13.3. The van der Waals surface area contributed by atoms with Crippen molar-refractivity contribution >= 4 is 46.0 Å². The monoisotopic (exact) mass is 537 g/mol. The lowest BCUT2D eigenvalue weighted by atomic mass is 9.99. The number of anilines is 1. The van der Waals surface area contributed by atoms with Gasteiger partial charge in [0.1, 0.15) is 22.8 Å². The standard InChI is InChI=1S/C27H25Cl2N5O3/c1-36-19-13-20(37-2)24(29)22(23(19)28)17-6-7-18(26-25(17)30-9-10-31-26)27(35)33-21-8-5-16(14-32-21)15-34-11-3-4-12-34/h5-10,13-14H,3-4,11-12,15H2,1-2H3,(H,32,33,35). The maximum atomic E-state index is 13.3. The van der Waals surface area contributed by atoms with Gasteiger partial charge in [-0.25, -0.2) is 4.98 Å². The van der Waals surface area contributed by atoms with Gasteiger partial charge in [-0.15, -0.1) is 0 Å². The molecule has 4 aromatic rings. The Labute approximate surface area is 224 Å². The van der Waals surface area contributed by atoms with Crippen LogP contribution in [0.15, 0.2) is 48.9 Å². The van der Waals surface area contributed by atoms with Crippen molar-refractivity contribution in [3.05, 3.63) is 70.1 Å². The molecule has 190 valence electrons. The van der Waals surface area contributed by atoms with Crippen molar-refractivity contribution in [3.8, 4) is 22.6 Å². The average molecular weight is 538 g/mol. The highest BCUT2D eigenvalue weighted by Crippen LogP contribution is 2.47. The Morgan fingerprint density at radius 2 is 1.62 bits per heavy atom. The molecule has 1 N–H and O–H groups in total. The highest BCUT2D eigenvalue weighted by atomic mass is 35.5. The first kappa shape index (κ1) is 25.2. The number of hydrogen-bond acceptors (Lipinski definition) is 7. The number of pyridine rings is 1. The van der Waals surface area contributed by atoms with E-state index in [0.29, 0.717) is 55.1 Å². The zero-order valence-electron chi connectivity index (χ0n) is 20.4. The Morgan fingerprint density at radius 3 is 2.24 bits per heavy atom. The van der Waals surface area contributed by atoms with Crippen LogP contribution in [0.1, 0.15) is 28.8 Å². The molecular formula is C27H25Cl2N5O3. The number of halogens is 2. The molecule has 2 aromatic carbocycles. The van der Waals surface area contributed by atoms with Gasteiger partial charge in [-0.05, 0) is 43.6 Å². The van der Waals surface area contributed by atoms with Crippen LogP contribution >= 0.6 is 23.2 Å². The van der Waals surface area contributed by atoms with E-state index in [1.54, 1.807) is 30.6 Å². The summed E-state index contributed by atoms with van der Waals surface area (Å²) in [6.45, 7) is 3.09. The second-order valence-corrected chi connectivity index (χ2v) is 9.44. The van der Waals surface area contributed by atoms with Gasteiger partial charge in [-0.2, -0.15) is 0 Å². The van der Waals surface area contributed by atoms with Crippen LogP contribution in [-0.4, -0.2) is 53.1 Å². The van der Waals surface area contributed by atoms with Crippen molar-refractivity contribution in [3.63, 3.8) is 0 Å². The number of likely N-dealkylation sites (tertiary alicyclic amines) is 1. The van der Waals surface area contributed by atoms with Crippen LogP contribution in [0.4, 0.5) is 5.82 Å². The zero-order chi connectivity index (χ0) is 25.9. The summed E-state index contributed by atoms with van der Waals surface area (Å²) in [6, 6.07) is 8.83. The maximum Gasteiger partial charge on any atom is 0.259 e. The number of rotatable bonds is 7. The number of amides is 1. The molecule has 0 aliphatic carbocycles. The van der Waals surface area contributed by atoms with Crippen molar-refractivity contribution in [2.75, 3.05) is 32.6 Å². The highest BCUT2D eigenvalue weighted by molar-refractivity contribution is 6.41. The summed E-state index contributed by atoms with van der Waals surface area (Å²) < 4.78 is 10.8. The summed E-state index contributed by atoms with van der Waals surface area (Å²) in [6.07, 6.45) is 7.36. The third kappa shape index (κ3) is 5.05. The fraction of sp³-hybridized carbons (Fsp3) is 0.259. The van der Waals surface area contributed by atoms with Gasteiger partial charge in [0.25, 0.3) is 5.91 Å². The fourth-order valence-electron chi connectivity index (χ4n) is 4.54. The van der Waals surface area contributed by atoms with Crippen molar-refractivity contribution in [1.29, 1.82) is 0 Å². The predicted molar refractivity (Wildman–Crippen MR) is 145 cm³/mol. The molecule has 0 radical (unpaired) electrons. The second-order valence-electron chi connectivity index (χ2n) is 8.69. The van der Waals surface area contributed by atoms with E-state index in [2.05, 4.69) is 25.2 Å². The van der Waals surface area contributed by atoms with E-state index in [0.717, 1.165) is 25.2 Å². The summed E-state index contributed by atoms with van der Waals surface area (Å²) in [4.78, 5) is 29.0. The van der Waals surface area contributed by atoms with Crippen LogP contribution < -0.4 is 14.8 Å². The Balaban J connectivity index is 1.48. The number of nitrogens with zero attached hydrogens (tertiary/aromatic N) is 4. The lowest BCUT2D eigenvalue weighted by molar-refractivity contribution is 0.102. The minimum atomic E-state index is -0.350. The topological polar surface area (TPSA) is 89.5 Å². The first-order valence-electron chi connectivity index (χ1n) is 11.8. The summed E-state index contributed by atoms with van der Waals surface area (Å²) in [5.74, 6) is 0.907. The van der Waals surface area contributed by atoms with Crippen LogP contribution in [0.3, 0.4) is 0 Å². The number of benzene rings is 2. The third-order valence-electron chi connectivity index (χ3n) is 6.38. The van der Waals surface area contributed by atoms with E-state index >= 15 is 0 Å². The molecule has 3 heterocycles. The van der Waals surface area contributed by atoms with Crippen molar-refractivity contribution in [2.24, 2.45) is 0 Å². The number of hydrogen-bond donors (Lipinski definition) is 1. The minimum absolute atomic E-state index is 0.302. The molecule has 0 unspecified atom stereocenters. The van der Waals surface area contributed by atoms with Crippen LogP contribution in [0, 0.1) is 0 Å². The molecular weight excluding hydrogens is 513 g/mol. The lowest BCUT2D eigenvalue weighted by Gasteiger charge is -2.16. The molecule has 2 aromatic heterocycles. The molecule has 1 fully saturated rings. The smallest absolute Gasteiger partial charge is 0.259 e. The molecule has 1 amide bonds. The summed E-state index contributed by atoms with van der Waals surface area (Å²) in [7, 11) is 3.02. The van der Waals surface area contributed by atoms with E-state index in [-0.39, 0.29) is 5.91 Å². The molecule has 0 bridgehead atoms. The normalized spacial score (nSPS) is 13.6. The number of aromatic nitrogens is 3. The van der Waals surface area contributed by atoms with Gasteiger partial charge in [0.05, 0.1) is 35.3 Å². The van der Waals surface area contributed by atoms with Crippen LogP contribution in [-0.2, 0) is 6.54 Å². The lowest BCUT2D eigenvalue weighted by Crippen LogP contribution is -2.18. The number of ether oxygens (including phenoxy) is 2. The van der Waals surface area contributed by atoms with E-state index in [1.165, 1.54) is 33.3 Å². The first-order chi connectivity index (χ1) is 18.0. The molecule has 0 saturated carbocycles. The number of nitrogens with one attached hydrogen (secondary N) is 1. The predicted octanol–water partition coefficient (Wildman–Crippen LogP) is 5.86. The van der Waals surface area contributed by atoms with Gasteiger partial charge in [0, 0.05) is 42.3 Å². The van der Waals surface area contributed by atoms with Gasteiger partial charge in [-0.1, -0.05) is 35.3 Å². The molecule has 37 heavy (non-hydrogen) atoms. The molecule has 8 nitrogen and oxygen atoms in total. The SMILES string of the molecule is COc1cc(OC)c(Cl)c(-c2ccc(C(=O)Nc3ccc(CN4CCCC4)cn3)c3nccnc23)c1Cl. The summed E-state index contributed by atoms with van der Waals surface area (Å²) in [5, 5.41) is 3.47. The molecule has 1 saturated heterocycles. The quantitative estimate of drug-likeness (QED) is 0.315. The maximum absolute atomic E-state index is 13.3. The minimum Gasteiger partial charge on any atom is -0.495 e. The second kappa shape index (κ2) is 10.9. The largest absolute Gasteiger partial charge is 0.495 e. The van der Waals surface area contributed by atoms with Crippen molar-refractivity contribution < 1.29 is 14.3 Å². The Morgan fingerprint density at radius 1 is 0.946 bits per heavy atom. The Bertz CT molecular complexity index is 1430. The van der Waals surface area contributed by atoms with E-state index < -0.39 is 0 Å². The highest BCUT2D eigenvalue weighted by Gasteiger charge is 2.23. The van der Waals surface area contributed by atoms with Gasteiger partial charge >= 0.3 is 0 Å². The molecule has 1 aliphatic heterocycles. The van der Waals surface area contributed by atoms with Gasteiger partial charge in [0.15, 0.2) is 0 Å². The molecule has 1 aliphatic rings. The molecule has 0 spiro atoms. The molecule has 0 atom stereocenters. The average Bonchev–Trinajstić information content (AvgIpc) is 3.43. The van der Waals surface area contributed by atoms with Crippen molar-refractivity contribution in [2.45, 2.75) is 19.4 Å². The fourth-order valence-corrected chi connectivity index (χ4v) is 5.24. The summed E-state index contributed by atoms with van der Waals surface area (Å²) in [5.41, 5.74) is 3.39. The van der Waals surface area contributed by atoms with E-state index in [4.69, 9.17) is 32.7 Å². The number of methoxy groups -OCH3 is 2. The van der Waals surface area contributed by atoms with Crippen LogP contribution in [0.5, 0.6) is 11.5 Å².